The van der Waals surface area contributed by atoms with E-state index in [0.717, 1.165) is 42.6 Å². The number of thiophene rings is 1. The number of amides is 2. The highest BCUT2D eigenvalue weighted by Gasteiger charge is 2.29. The van der Waals surface area contributed by atoms with Crippen molar-refractivity contribution < 1.29 is 14.3 Å². The van der Waals surface area contributed by atoms with E-state index >= 15 is 0 Å². The predicted molar refractivity (Wildman–Crippen MR) is 102 cm³/mol. The van der Waals surface area contributed by atoms with Crippen molar-refractivity contribution in [3.8, 4) is 5.75 Å². The Morgan fingerprint density at radius 3 is 2.81 bits per heavy atom. The second-order valence-corrected chi connectivity index (χ2v) is 8.05. The summed E-state index contributed by atoms with van der Waals surface area (Å²) in [6, 6.07) is 7.78. The third kappa shape index (κ3) is 3.21. The van der Waals surface area contributed by atoms with Crippen LogP contribution in [-0.4, -0.2) is 18.4 Å². The first-order valence-corrected chi connectivity index (χ1v) is 9.91. The molecule has 0 spiro atoms. The smallest absolute Gasteiger partial charge is 0.251 e. The van der Waals surface area contributed by atoms with Crippen LogP contribution < -0.4 is 15.8 Å². The van der Waals surface area contributed by atoms with Crippen molar-refractivity contribution in [2.75, 3.05) is 11.9 Å². The van der Waals surface area contributed by atoms with Crippen LogP contribution in [0.15, 0.2) is 24.3 Å². The average molecular weight is 370 g/mol. The molecule has 5 nitrogen and oxygen atoms in total. The van der Waals surface area contributed by atoms with Crippen LogP contribution in [0.1, 0.15) is 45.6 Å². The molecule has 1 aliphatic carbocycles. The third-order valence-corrected chi connectivity index (χ3v) is 6.36. The van der Waals surface area contributed by atoms with Gasteiger partial charge in [0, 0.05) is 4.88 Å². The lowest BCUT2D eigenvalue weighted by molar-refractivity contribution is -0.121. The minimum atomic E-state index is -0.454. The Bertz CT molecular complexity index is 859. The highest BCUT2D eigenvalue weighted by Crippen LogP contribution is 2.38. The molecule has 1 atom stereocenters. The van der Waals surface area contributed by atoms with Gasteiger partial charge in [0.1, 0.15) is 17.4 Å². The molecule has 2 amide bonds. The number of carbonyl (C=O) groups is 2. The van der Waals surface area contributed by atoms with Crippen molar-refractivity contribution in [1.82, 2.24) is 0 Å². The van der Waals surface area contributed by atoms with Gasteiger partial charge in [0.15, 0.2) is 0 Å². The van der Waals surface area contributed by atoms with E-state index in [4.69, 9.17) is 10.5 Å². The van der Waals surface area contributed by atoms with Crippen molar-refractivity contribution in [3.63, 3.8) is 0 Å². The number of anilines is 1. The molecule has 1 aromatic heterocycles. The fourth-order valence-electron chi connectivity index (χ4n) is 3.80. The summed E-state index contributed by atoms with van der Waals surface area (Å²) in [6.45, 7) is 0.347. The van der Waals surface area contributed by atoms with Crippen LogP contribution in [0.5, 0.6) is 5.75 Å². The average Bonchev–Trinajstić information content (AvgIpc) is 2.82. The number of hydrogen-bond donors (Lipinski definition) is 2. The number of aryl methyl sites for hydroxylation is 1. The molecule has 2 aliphatic rings. The van der Waals surface area contributed by atoms with Crippen LogP contribution >= 0.6 is 11.3 Å². The molecule has 0 saturated heterocycles. The van der Waals surface area contributed by atoms with Gasteiger partial charge in [0.2, 0.25) is 5.91 Å². The Labute approximate surface area is 156 Å². The SMILES string of the molecule is NC(=O)c1c(NC(=O)C2COc3ccccc3C2)sc2c1CCCCC2. The summed E-state index contributed by atoms with van der Waals surface area (Å²) in [5, 5.41) is 3.57. The van der Waals surface area contributed by atoms with E-state index in [1.165, 1.54) is 22.6 Å². The Morgan fingerprint density at radius 1 is 1.15 bits per heavy atom. The maximum absolute atomic E-state index is 12.8. The summed E-state index contributed by atoms with van der Waals surface area (Å²) in [7, 11) is 0. The zero-order valence-electron chi connectivity index (χ0n) is 14.5. The summed E-state index contributed by atoms with van der Waals surface area (Å²) in [6.07, 6.45) is 5.80. The first kappa shape index (κ1) is 17.1. The number of hydrogen-bond acceptors (Lipinski definition) is 4. The lowest BCUT2D eigenvalue weighted by Gasteiger charge is -2.24. The fourth-order valence-corrected chi connectivity index (χ4v) is 5.10. The van der Waals surface area contributed by atoms with Crippen LogP contribution in [0.25, 0.3) is 0 Å². The van der Waals surface area contributed by atoms with Crippen LogP contribution in [0.4, 0.5) is 5.00 Å². The van der Waals surface area contributed by atoms with Crippen molar-refractivity contribution in [3.05, 3.63) is 45.8 Å². The molecule has 136 valence electrons. The third-order valence-electron chi connectivity index (χ3n) is 5.15. The number of rotatable bonds is 3. The standard InChI is InChI=1S/C20H22N2O3S/c21-18(23)17-14-7-2-1-3-9-16(14)26-20(17)22-19(24)13-10-12-6-4-5-8-15(12)25-11-13/h4-6,8,13H,1-3,7,9-11H2,(H2,21,23)(H,22,24). The first-order chi connectivity index (χ1) is 12.6. The van der Waals surface area contributed by atoms with Gasteiger partial charge < -0.3 is 15.8 Å². The first-order valence-electron chi connectivity index (χ1n) is 9.09. The molecule has 1 aliphatic heterocycles. The number of benzene rings is 1. The van der Waals surface area contributed by atoms with Crippen molar-refractivity contribution in [2.24, 2.45) is 11.7 Å². The highest BCUT2D eigenvalue weighted by molar-refractivity contribution is 7.17. The maximum atomic E-state index is 12.8. The normalized spacial score (nSPS) is 18.8. The molecule has 0 saturated carbocycles. The van der Waals surface area contributed by atoms with Gasteiger partial charge in [-0.3, -0.25) is 9.59 Å². The zero-order chi connectivity index (χ0) is 18.1. The summed E-state index contributed by atoms with van der Waals surface area (Å²) in [5.74, 6) is 0.00750. The molecule has 0 fully saturated rings. The number of fused-ring (bicyclic) bond motifs is 2. The van der Waals surface area contributed by atoms with Gasteiger partial charge in [-0.25, -0.2) is 0 Å². The molecule has 0 radical (unpaired) electrons. The zero-order valence-corrected chi connectivity index (χ0v) is 15.4. The van der Waals surface area contributed by atoms with Crippen LogP contribution in [0.3, 0.4) is 0 Å². The molecule has 2 aromatic rings. The van der Waals surface area contributed by atoms with Gasteiger partial charge in [-0.1, -0.05) is 24.6 Å². The number of ether oxygens (including phenoxy) is 1. The molecule has 2 heterocycles. The maximum Gasteiger partial charge on any atom is 0.251 e. The van der Waals surface area contributed by atoms with E-state index in [2.05, 4.69) is 5.32 Å². The fraction of sp³-hybridized carbons (Fsp3) is 0.400. The molecule has 3 N–H and O–H groups in total. The monoisotopic (exact) mass is 370 g/mol. The molecule has 26 heavy (non-hydrogen) atoms. The van der Waals surface area contributed by atoms with E-state index in [0.29, 0.717) is 23.6 Å². The van der Waals surface area contributed by atoms with Crippen molar-refractivity contribution >= 4 is 28.2 Å². The van der Waals surface area contributed by atoms with Gasteiger partial charge in [-0.15, -0.1) is 11.3 Å². The molecule has 0 bridgehead atoms. The Kier molecular flexibility index (Phi) is 4.68. The van der Waals surface area contributed by atoms with Gasteiger partial charge >= 0.3 is 0 Å². The minimum absolute atomic E-state index is 0.113. The number of carbonyl (C=O) groups excluding carboxylic acids is 2. The van der Waals surface area contributed by atoms with Gasteiger partial charge in [0.25, 0.3) is 5.91 Å². The van der Waals surface area contributed by atoms with Gasteiger partial charge in [0.05, 0.1) is 11.5 Å². The van der Waals surface area contributed by atoms with E-state index in [1.54, 1.807) is 0 Å². The number of primary amides is 1. The van der Waals surface area contributed by atoms with E-state index < -0.39 is 5.91 Å². The summed E-state index contributed by atoms with van der Waals surface area (Å²) in [4.78, 5) is 26.0. The Hall–Kier alpha value is -2.34. The van der Waals surface area contributed by atoms with E-state index in [-0.39, 0.29) is 11.8 Å². The van der Waals surface area contributed by atoms with Crippen molar-refractivity contribution in [2.45, 2.75) is 38.5 Å². The Morgan fingerprint density at radius 2 is 1.96 bits per heavy atom. The number of para-hydroxylation sites is 1. The molecule has 6 heteroatoms. The van der Waals surface area contributed by atoms with Crippen molar-refractivity contribution in [1.29, 1.82) is 0 Å². The summed E-state index contributed by atoms with van der Waals surface area (Å²) in [5.41, 5.74) is 8.23. The molecular formula is C20H22N2O3S. The molecule has 4 rings (SSSR count). The minimum Gasteiger partial charge on any atom is -0.492 e. The second-order valence-electron chi connectivity index (χ2n) is 6.94. The van der Waals surface area contributed by atoms with E-state index in [9.17, 15) is 9.59 Å². The summed E-state index contributed by atoms with van der Waals surface area (Å²) < 4.78 is 5.72. The topological polar surface area (TPSA) is 81.4 Å². The van der Waals surface area contributed by atoms with Crippen LogP contribution in [-0.2, 0) is 24.1 Å². The second kappa shape index (κ2) is 7.11. The lowest BCUT2D eigenvalue weighted by atomic mass is 9.96. The Balaban J connectivity index is 1.56. The molecular weight excluding hydrogens is 348 g/mol. The van der Waals surface area contributed by atoms with Gasteiger partial charge in [-0.2, -0.15) is 0 Å². The van der Waals surface area contributed by atoms with Gasteiger partial charge in [-0.05, 0) is 49.3 Å². The lowest BCUT2D eigenvalue weighted by Crippen LogP contribution is -2.33. The van der Waals surface area contributed by atoms with E-state index in [1.807, 2.05) is 24.3 Å². The quantitative estimate of drug-likeness (QED) is 0.814. The van der Waals surface area contributed by atoms with Crippen LogP contribution in [0, 0.1) is 5.92 Å². The molecule has 1 unspecified atom stereocenters. The largest absolute Gasteiger partial charge is 0.492 e. The van der Waals surface area contributed by atoms with Crippen LogP contribution in [0.2, 0.25) is 0 Å². The molecule has 1 aromatic carbocycles. The highest BCUT2D eigenvalue weighted by atomic mass is 32.1. The number of nitrogens with two attached hydrogens (primary N) is 1. The predicted octanol–water partition coefficient (Wildman–Crippen LogP) is 3.31. The summed E-state index contributed by atoms with van der Waals surface area (Å²) >= 11 is 1.51. The number of nitrogens with one attached hydrogen (secondary N) is 1.